The normalized spacial score (nSPS) is 9.06. The molecule has 2 aromatic rings. The van der Waals surface area contributed by atoms with Crippen LogP contribution in [0.4, 0.5) is 17.1 Å². The zero-order valence-corrected chi connectivity index (χ0v) is 11.2. The highest BCUT2D eigenvalue weighted by Crippen LogP contribution is 2.18. The van der Waals surface area contributed by atoms with Crippen molar-refractivity contribution in [2.24, 2.45) is 0 Å². The lowest BCUT2D eigenvalue weighted by Crippen LogP contribution is -2.10. The van der Waals surface area contributed by atoms with Crippen LogP contribution in [0.25, 0.3) is 0 Å². The number of nitrogens with one attached hydrogen (secondary N) is 1. The minimum atomic E-state index is 0.826. The molecule has 0 atom stereocenters. The molecular weight excluding hydrogens is 222 g/mol. The Morgan fingerprint density at radius 3 is 1.83 bits per heavy atom. The molecule has 96 valence electrons. The highest BCUT2D eigenvalue weighted by atomic mass is 15.1. The molecule has 18 heavy (non-hydrogen) atoms. The maximum atomic E-state index is 5.68. The molecule has 3 nitrogen and oxygen atoms in total. The molecular formula is C15H21N3. The van der Waals surface area contributed by atoms with Gasteiger partial charge in [0.15, 0.2) is 0 Å². The van der Waals surface area contributed by atoms with Crippen LogP contribution in [-0.2, 0) is 0 Å². The van der Waals surface area contributed by atoms with Gasteiger partial charge in [0.1, 0.15) is 0 Å². The molecule has 0 aromatic heterocycles. The van der Waals surface area contributed by atoms with Gasteiger partial charge in [-0.2, -0.15) is 0 Å². The number of nitrogen functional groups attached to an aromatic ring is 1. The van der Waals surface area contributed by atoms with E-state index in [1.165, 1.54) is 0 Å². The topological polar surface area (TPSA) is 41.3 Å². The molecule has 0 radical (unpaired) electrons. The molecule has 0 saturated carbocycles. The summed E-state index contributed by atoms with van der Waals surface area (Å²) in [6, 6.07) is 17.9. The second-order valence-electron chi connectivity index (χ2n) is 4.07. The van der Waals surface area contributed by atoms with Crippen molar-refractivity contribution in [2.75, 3.05) is 37.1 Å². The fourth-order valence-electron chi connectivity index (χ4n) is 1.50. The molecule has 3 N–H and O–H groups in total. The average molecular weight is 243 g/mol. The Labute approximate surface area is 109 Å². The molecule has 0 aliphatic rings. The molecule has 2 rings (SSSR count). The molecule has 0 amide bonds. The predicted molar refractivity (Wildman–Crippen MR) is 81.2 cm³/mol. The molecule has 0 bridgehead atoms. The van der Waals surface area contributed by atoms with Gasteiger partial charge in [-0.1, -0.05) is 30.3 Å². The number of anilines is 3. The van der Waals surface area contributed by atoms with E-state index < -0.39 is 0 Å². The summed E-state index contributed by atoms with van der Waals surface area (Å²) in [5.74, 6) is 0. The van der Waals surface area contributed by atoms with E-state index in [2.05, 4.69) is 5.32 Å². The van der Waals surface area contributed by atoms with Crippen molar-refractivity contribution in [1.29, 1.82) is 0 Å². The van der Waals surface area contributed by atoms with Gasteiger partial charge in [0.2, 0.25) is 0 Å². The third kappa shape index (κ3) is 4.37. The van der Waals surface area contributed by atoms with Crippen molar-refractivity contribution in [1.82, 2.24) is 0 Å². The number of benzene rings is 2. The van der Waals surface area contributed by atoms with Gasteiger partial charge < -0.3 is 16.0 Å². The van der Waals surface area contributed by atoms with Gasteiger partial charge in [0.25, 0.3) is 0 Å². The Hall–Kier alpha value is -2.16. The minimum absolute atomic E-state index is 0.826. The SMILES string of the molecule is CN(C)c1ccccc1N.CNc1ccccc1. The number of para-hydroxylation sites is 3. The van der Waals surface area contributed by atoms with E-state index in [0.717, 1.165) is 17.1 Å². The third-order valence-electron chi connectivity index (χ3n) is 2.48. The zero-order chi connectivity index (χ0) is 13.4. The number of nitrogens with zero attached hydrogens (tertiary/aromatic N) is 1. The summed E-state index contributed by atoms with van der Waals surface area (Å²) in [6.07, 6.45) is 0. The van der Waals surface area contributed by atoms with Crippen LogP contribution in [0, 0.1) is 0 Å². The van der Waals surface area contributed by atoms with Gasteiger partial charge in [-0.3, -0.25) is 0 Å². The third-order valence-corrected chi connectivity index (χ3v) is 2.48. The summed E-state index contributed by atoms with van der Waals surface area (Å²) in [5, 5.41) is 3.03. The second-order valence-corrected chi connectivity index (χ2v) is 4.07. The van der Waals surface area contributed by atoms with Crippen molar-refractivity contribution in [3.8, 4) is 0 Å². The number of nitrogens with two attached hydrogens (primary N) is 1. The van der Waals surface area contributed by atoms with Gasteiger partial charge in [-0.25, -0.2) is 0 Å². The van der Waals surface area contributed by atoms with Crippen LogP contribution >= 0.6 is 0 Å². The van der Waals surface area contributed by atoms with Crippen molar-refractivity contribution in [3.05, 3.63) is 54.6 Å². The highest BCUT2D eigenvalue weighted by Gasteiger charge is 1.96. The monoisotopic (exact) mass is 243 g/mol. The summed E-state index contributed by atoms with van der Waals surface area (Å²) in [7, 11) is 5.87. The zero-order valence-electron chi connectivity index (χ0n) is 11.2. The van der Waals surface area contributed by atoms with Gasteiger partial charge in [0, 0.05) is 26.8 Å². The van der Waals surface area contributed by atoms with Crippen LogP contribution in [0.3, 0.4) is 0 Å². The molecule has 0 saturated heterocycles. The van der Waals surface area contributed by atoms with Crippen molar-refractivity contribution >= 4 is 17.1 Å². The maximum absolute atomic E-state index is 5.68. The summed E-state index contributed by atoms with van der Waals surface area (Å²) >= 11 is 0. The van der Waals surface area contributed by atoms with Crippen LogP contribution in [0.1, 0.15) is 0 Å². The molecule has 0 aliphatic heterocycles. The molecule has 0 spiro atoms. The molecule has 3 heteroatoms. The Kier molecular flexibility index (Phi) is 5.58. The predicted octanol–water partition coefficient (Wildman–Crippen LogP) is 3.06. The number of rotatable bonds is 2. The Morgan fingerprint density at radius 1 is 0.889 bits per heavy atom. The van der Waals surface area contributed by atoms with E-state index in [1.54, 1.807) is 0 Å². The molecule has 2 aromatic carbocycles. The van der Waals surface area contributed by atoms with Crippen molar-refractivity contribution < 1.29 is 0 Å². The lowest BCUT2D eigenvalue weighted by molar-refractivity contribution is 1.13. The van der Waals surface area contributed by atoms with Crippen LogP contribution in [0.5, 0.6) is 0 Å². The Balaban J connectivity index is 0.000000184. The van der Waals surface area contributed by atoms with E-state index >= 15 is 0 Å². The number of hydrogen-bond acceptors (Lipinski definition) is 3. The average Bonchev–Trinajstić information content (AvgIpc) is 2.40. The Morgan fingerprint density at radius 2 is 1.44 bits per heavy atom. The first-order valence-electron chi connectivity index (χ1n) is 5.89. The van der Waals surface area contributed by atoms with E-state index in [4.69, 9.17) is 5.73 Å². The van der Waals surface area contributed by atoms with Crippen molar-refractivity contribution in [3.63, 3.8) is 0 Å². The number of hydrogen-bond donors (Lipinski definition) is 2. The first-order chi connectivity index (χ1) is 8.65. The molecule has 0 fully saturated rings. The summed E-state index contributed by atoms with van der Waals surface area (Å²) in [4.78, 5) is 2.00. The highest BCUT2D eigenvalue weighted by molar-refractivity contribution is 5.66. The molecule has 0 heterocycles. The van der Waals surface area contributed by atoms with E-state index in [1.807, 2.05) is 80.6 Å². The molecule has 0 unspecified atom stereocenters. The first-order valence-corrected chi connectivity index (χ1v) is 5.89. The standard InChI is InChI=1S/C8H12N2.C7H9N/c1-10(2)8-6-4-3-5-7(8)9;1-8-7-5-3-2-4-6-7/h3-6H,9H2,1-2H3;2-6,8H,1H3. The minimum Gasteiger partial charge on any atom is -0.397 e. The van der Waals surface area contributed by atoms with Gasteiger partial charge in [0.05, 0.1) is 11.4 Å². The van der Waals surface area contributed by atoms with Crippen LogP contribution in [0.2, 0.25) is 0 Å². The van der Waals surface area contributed by atoms with Gasteiger partial charge >= 0.3 is 0 Å². The second kappa shape index (κ2) is 7.22. The van der Waals surface area contributed by atoms with Crippen molar-refractivity contribution in [2.45, 2.75) is 0 Å². The van der Waals surface area contributed by atoms with E-state index in [9.17, 15) is 0 Å². The van der Waals surface area contributed by atoms with Gasteiger partial charge in [-0.15, -0.1) is 0 Å². The quantitative estimate of drug-likeness (QED) is 0.796. The fourth-order valence-corrected chi connectivity index (χ4v) is 1.50. The summed E-state index contributed by atoms with van der Waals surface area (Å²) in [5.41, 5.74) is 8.74. The van der Waals surface area contributed by atoms with Gasteiger partial charge in [-0.05, 0) is 24.3 Å². The Bertz CT molecular complexity index is 452. The molecule has 0 aliphatic carbocycles. The maximum Gasteiger partial charge on any atom is 0.0594 e. The van der Waals surface area contributed by atoms with Crippen LogP contribution in [-0.4, -0.2) is 21.1 Å². The lowest BCUT2D eigenvalue weighted by atomic mass is 10.2. The van der Waals surface area contributed by atoms with Crippen LogP contribution in [0.15, 0.2) is 54.6 Å². The van der Waals surface area contributed by atoms with E-state index in [-0.39, 0.29) is 0 Å². The first kappa shape index (κ1) is 13.9. The largest absolute Gasteiger partial charge is 0.397 e. The summed E-state index contributed by atoms with van der Waals surface area (Å²) in [6.45, 7) is 0. The lowest BCUT2D eigenvalue weighted by Gasteiger charge is -2.13. The van der Waals surface area contributed by atoms with E-state index in [0.29, 0.717) is 0 Å². The summed E-state index contributed by atoms with van der Waals surface area (Å²) < 4.78 is 0. The smallest absolute Gasteiger partial charge is 0.0594 e. The fraction of sp³-hybridized carbons (Fsp3) is 0.200. The van der Waals surface area contributed by atoms with Crippen LogP contribution < -0.4 is 16.0 Å².